The molecule has 0 fully saturated rings. The summed E-state index contributed by atoms with van der Waals surface area (Å²) in [5.74, 6) is -0.155. The minimum atomic E-state index is -0.155. The van der Waals surface area contributed by atoms with Gasteiger partial charge < -0.3 is 5.32 Å². The maximum absolute atomic E-state index is 13.7. The van der Waals surface area contributed by atoms with Crippen molar-refractivity contribution in [2.45, 2.75) is 26.3 Å². The molecule has 1 aromatic carbocycles. The third kappa shape index (κ3) is 3.87. The van der Waals surface area contributed by atoms with E-state index in [1.807, 2.05) is 24.4 Å². The molecule has 0 saturated heterocycles. The average Bonchev–Trinajstić information content (AvgIpc) is 2.41. The fourth-order valence-electron chi connectivity index (χ4n) is 2.18. The lowest BCUT2D eigenvalue weighted by molar-refractivity contribution is 0.541. The molecule has 1 N–H and O–H groups in total. The molecule has 1 unspecified atom stereocenters. The van der Waals surface area contributed by atoms with Crippen molar-refractivity contribution in [3.05, 3.63) is 63.6 Å². The van der Waals surface area contributed by atoms with E-state index in [0.29, 0.717) is 5.56 Å². The fourth-order valence-corrected chi connectivity index (χ4v) is 2.60. The monoisotopic (exact) mass is 336 g/mol. The average molecular weight is 337 g/mol. The molecule has 0 amide bonds. The Kier molecular flexibility index (Phi) is 5.26. The summed E-state index contributed by atoms with van der Waals surface area (Å²) >= 11 is 3.43. The third-order valence-corrected chi connectivity index (χ3v) is 3.68. The van der Waals surface area contributed by atoms with Crippen LogP contribution in [-0.2, 0) is 6.42 Å². The highest BCUT2D eigenvalue weighted by Gasteiger charge is 2.13. The molecular formula is C16H18BrFN2. The highest BCUT2D eigenvalue weighted by Crippen LogP contribution is 2.22. The van der Waals surface area contributed by atoms with Gasteiger partial charge in [-0.25, -0.2) is 4.39 Å². The zero-order chi connectivity index (χ0) is 14.5. The maximum Gasteiger partial charge on any atom is 0.126 e. The summed E-state index contributed by atoms with van der Waals surface area (Å²) < 4.78 is 14.7. The molecule has 0 aliphatic heterocycles. The molecule has 2 nitrogen and oxygen atoms in total. The Morgan fingerprint density at radius 1 is 1.30 bits per heavy atom. The lowest BCUT2D eigenvalue weighted by Gasteiger charge is -2.19. The Balaban J connectivity index is 2.24. The van der Waals surface area contributed by atoms with Crippen molar-refractivity contribution >= 4 is 15.9 Å². The van der Waals surface area contributed by atoms with Crippen molar-refractivity contribution in [1.29, 1.82) is 0 Å². The standard InChI is InChI=1S/C16H18BrFN2/c1-3-20-16(7-12-6-14(17)10-19-9-12)13-5-4-11(2)15(18)8-13/h4-6,8-10,16,20H,3,7H2,1-2H3. The summed E-state index contributed by atoms with van der Waals surface area (Å²) in [5, 5.41) is 3.40. The van der Waals surface area contributed by atoms with Gasteiger partial charge in [-0.1, -0.05) is 19.1 Å². The Bertz CT molecular complexity index is 586. The predicted molar refractivity (Wildman–Crippen MR) is 83.2 cm³/mol. The number of benzene rings is 1. The second kappa shape index (κ2) is 6.95. The van der Waals surface area contributed by atoms with Crippen molar-refractivity contribution in [3.63, 3.8) is 0 Å². The smallest absolute Gasteiger partial charge is 0.126 e. The largest absolute Gasteiger partial charge is 0.310 e. The van der Waals surface area contributed by atoms with Crippen LogP contribution in [0.3, 0.4) is 0 Å². The number of nitrogens with zero attached hydrogens (tertiary/aromatic N) is 1. The molecule has 0 bridgehead atoms. The maximum atomic E-state index is 13.7. The fraction of sp³-hybridized carbons (Fsp3) is 0.312. The first kappa shape index (κ1) is 15.1. The number of nitrogens with one attached hydrogen (secondary N) is 1. The lowest BCUT2D eigenvalue weighted by atomic mass is 9.98. The van der Waals surface area contributed by atoms with Gasteiger partial charge in [0.25, 0.3) is 0 Å². The first-order valence-electron chi connectivity index (χ1n) is 6.69. The van der Waals surface area contributed by atoms with Gasteiger partial charge in [-0.05, 0) is 64.6 Å². The van der Waals surface area contributed by atoms with Crippen molar-refractivity contribution in [2.75, 3.05) is 6.54 Å². The zero-order valence-electron chi connectivity index (χ0n) is 11.7. The van der Waals surface area contributed by atoms with Crippen LogP contribution in [0.25, 0.3) is 0 Å². The van der Waals surface area contributed by atoms with Gasteiger partial charge in [0.05, 0.1) is 0 Å². The molecule has 0 radical (unpaired) electrons. The first-order valence-corrected chi connectivity index (χ1v) is 7.48. The van der Waals surface area contributed by atoms with Crippen LogP contribution in [0.4, 0.5) is 4.39 Å². The molecule has 106 valence electrons. The molecule has 2 aromatic rings. The summed E-state index contributed by atoms with van der Waals surface area (Å²) in [6.45, 7) is 4.66. The molecule has 0 spiro atoms. The Labute approximate surface area is 127 Å². The lowest BCUT2D eigenvalue weighted by Crippen LogP contribution is -2.23. The number of aromatic nitrogens is 1. The van der Waals surface area contributed by atoms with Crippen LogP contribution in [-0.4, -0.2) is 11.5 Å². The number of hydrogen-bond acceptors (Lipinski definition) is 2. The Morgan fingerprint density at radius 2 is 2.10 bits per heavy atom. The second-order valence-electron chi connectivity index (χ2n) is 4.83. The summed E-state index contributed by atoms with van der Waals surface area (Å²) in [6.07, 6.45) is 4.39. The van der Waals surface area contributed by atoms with E-state index in [1.165, 1.54) is 0 Å². The molecule has 0 saturated carbocycles. The first-order chi connectivity index (χ1) is 9.60. The van der Waals surface area contributed by atoms with E-state index < -0.39 is 0 Å². The second-order valence-corrected chi connectivity index (χ2v) is 5.75. The minimum Gasteiger partial charge on any atom is -0.310 e. The molecule has 1 aromatic heterocycles. The number of likely N-dealkylation sites (N-methyl/N-ethyl adjacent to an activating group) is 1. The number of hydrogen-bond donors (Lipinski definition) is 1. The van der Waals surface area contributed by atoms with E-state index in [-0.39, 0.29) is 11.9 Å². The molecule has 0 aliphatic carbocycles. The molecule has 1 atom stereocenters. The molecular weight excluding hydrogens is 319 g/mol. The van der Waals surface area contributed by atoms with Crippen LogP contribution in [0.15, 0.2) is 41.1 Å². The quantitative estimate of drug-likeness (QED) is 0.885. The molecule has 4 heteroatoms. The van der Waals surface area contributed by atoms with Gasteiger partial charge in [0.2, 0.25) is 0 Å². The van der Waals surface area contributed by atoms with Gasteiger partial charge in [-0.3, -0.25) is 4.98 Å². The molecule has 20 heavy (non-hydrogen) atoms. The van der Waals surface area contributed by atoms with Crippen LogP contribution in [0.1, 0.15) is 29.7 Å². The van der Waals surface area contributed by atoms with Crippen LogP contribution >= 0.6 is 15.9 Å². The summed E-state index contributed by atoms with van der Waals surface area (Å²) in [6, 6.07) is 7.56. The Hall–Kier alpha value is -1.26. The van der Waals surface area contributed by atoms with Crippen LogP contribution in [0.2, 0.25) is 0 Å². The van der Waals surface area contributed by atoms with Crippen LogP contribution in [0.5, 0.6) is 0 Å². The van der Waals surface area contributed by atoms with E-state index in [1.54, 1.807) is 19.2 Å². The van der Waals surface area contributed by atoms with Crippen molar-refractivity contribution in [1.82, 2.24) is 10.3 Å². The van der Waals surface area contributed by atoms with E-state index in [9.17, 15) is 4.39 Å². The molecule has 2 rings (SSSR count). The predicted octanol–water partition coefficient (Wildman–Crippen LogP) is 4.18. The number of rotatable bonds is 5. The van der Waals surface area contributed by atoms with Crippen LogP contribution < -0.4 is 5.32 Å². The summed E-state index contributed by atoms with van der Waals surface area (Å²) in [5.41, 5.74) is 2.76. The van der Waals surface area contributed by atoms with Gasteiger partial charge >= 0.3 is 0 Å². The normalized spacial score (nSPS) is 12.4. The number of pyridine rings is 1. The molecule has 0 aliphatic rings. The minimum absolute atomic E-state index is 0.0891. The van der Waals surface area contributed by atoms with E-state index in [0.717, 1.165) is 28.6 Å². The van der Waals surface area contributed by atoms with Gasteiger partial charge in [-0.2, -0.15) is 0 Å². The van der Waals surface area contributed by atoms with Crippen molar-refractivity contribution < 1.29 is 4.39 Å². The van der Waals surface area contributed by atoms with Crippen molar-refractivity contribution in [3.8, 4) is 0 Å². The Morgan fingerprint density at radius 3 is 2.75 bits per heavy atom. The zero-order valence-corrected chi connectivity index (χ0v) is 13.2. The number of halogens is 2. The van der Waals surface area contributed by atoms with E-state index in [4.69, 9.17) is 0 Å². The van der Waals surface area contributed by atoms with E-state index in [2.05, 4.69) is 33.2 Å². The van der Waals surface area contributed by atoms with Crippen LogP contribution in [0, 0.1) is 12.7 Å². The highest BCUT2D eigenvalue weighted by molar-refractivity contribution is 9.10. The van der Waals surface area contributed by atoms with Gasteiger partial charge in [0.15, 0.2) is 0 Å². The van der Waals surface area contributed by atoms with Gasteiger partial charge in [-0.15, -0.1) is 0 Å². The summed E-state index contributed by atoms with van der Waals surface area (Å²) in [7, 11) is 0. The SMILES string of the molecule is CCNC(Cc1cncc(Br)c1)c1ccc(C)c(F)c1. The molecule has 1 heterocycles. The highest BCUT2D eigenvalue weighted by atomic mass is 79.9. The van der Waals surface area contributed by atoms with Crippen molar-refractivity contribution in [2.24, 2.45) is 0 Å². The van der Waals surface area contributed by atoms with Gasteiger partial charge in [0, 0.05) is 22.9 Å². The van der Waals surface area contributed by atoms with Gasteiger partial charge in [0.1, 0.15) is 5.82 Å². The third-order valence-electron chi connectivity index (χ3n) is 3.25. The topological polar surface area (TPSA) is 24.9 Å². The van der Waals surface area contributed by atoms with E-state index >= 15 is 0 Å². The number of aryl methyl sites for hydroxylation is 1. The summed E-state index contributed by atoms with van der Waals surface area (Å²) in [4.78, 5) is 4.17.